The van der Waals surface area contributed by atoms with Crippen LogP contribution in [0.15, 0.2) is 174 Å². The highest BCUT2D eigenvalue weighted by Gasteiger charge is 2.20. The van der Waals surface area contributed by atoms with Crippen LogP contribution >= 0.6 is 11.3 Å². The Morgan fingerprint density at radius 1 is 0.431 bits per heavy atom. The van der Waals surface area contributed by atoms with E-state index in [1.807, 2.05) is 23.5 Å². The van der Waals surface area contributed by atoms with Gasteiger partial charge in [-0.3, -0.25) is 4.57 Å². The molecule has 238 valence electrons. The van der Waals surface area contributed by atoms with E-state index in [0.717, 1.165) is 61.2 Å². The van der Waals surface area contributed by atoms with Crippen molar-refractivity contribution in [2.75, 3.05) is 0 Å². The Morgan fingerprint density at radius 3 is 2.04 bits per heavy atom. The number of hydrogen-bond acceptors (Lipinski definition) is 3. The molecular formula is C47H28N2OS. The molecular weight excluding hydrogens is 641 g/mol. The minimum Gasteiger partial charge on any atom is -0.455 e. The van der Waals surface area contributed by atoms with E-state index in [-0.39, 0.29) is 0 Å². The van der Waals surface area contributed by atoms with Gasteiger partial charge in [-0.25, -0.2) is 4.98 Å². The van der Waals surface area contributed by atoms with Gasteiger partial charge in [-0.05, 0) is 76.9 Å². The van der Waals surface area contributed by atoms with Crippen molar-refractivity contribution in [1.82, 2.24) is 9.55 Å². The molecule has 0 atom stereocenters. The number of pyridine rings is 1. The Morgan fingerprint density at radius 2 is 1.14 bits per heavy atom. The van der Waals surface area contributed by atoms with Gasteiger partial charge in [0, 0.05) is 47.3 Å². The van der Waals surface area contributed by atoms with Crippen molar-refractivity contribution in [3.05, 3.63) is 170 Å². The van der Waals surface area contributed by atoms with Crippen LogP contribution < -0.4 is 0 Å². The molecule has 0 radical (unpaired) electrons. The molecule has 0 fully saturated rings. The zero-order valence-corrected chi connectivity index (χ0v) is 28.2. The zero-order valence-electron chi connectivity index (χ0n) is 27.4. The van der Waals surface area contributed by atoms with Crippen LogP contribution in [0, 0.1) is 0 Å². The van der Waals surface area contributed by atoms with E-state index >= 15 is 0 Å². The predicted octanol–water partition coefficient (Wildman–Crippen LogP) is 13.4. The van der Waals surface area contributed by atoms with E-state index < -0.39 is 0 Å². The third kappa shape index (κ3) is 4.40. The lowest BCUT2D eigenvalue weighted by Crippen LogP contribution is -2.00. The first-order valence-electron chi connectivity index (χ1n) is 17.2. The van der Waals surface area contributed by atoms with Crippen LogP contribution in [-0.4, -0.2) is 9.55 Å². The van der Waals surface area contributed by atoms with Gasteiger partial charge in [-0.2, -0.15) is 0 Å². The maximum atomic E-state index is 6.57. The average Bonchev–Trinajstić information content (AvgIpc) is 3.86. The summed E-state index contributed by atoms with van der Waals surface area (Å²) in [7, 11) is 0. The summed E-state index contributed by atoms with van der Waals surface area (Å²) in [6.45, 7) is 0. The van der Waals surface area contributed by atoms with Gasteiger partial charge >= 0.3 is 0 Å². The second-order valence-corrected chi connectivity index (χ2v) is 14.2. The molecule has 0 unspecified atom stereocenters. The van der Waals surface area contributed by atoms with Crippen molar-refractivity contribution < 1.29 is 4.42 Å². The van der Waals surface area contributed by atoms with Gasteiger partial charge in [-0.15, -0.1) is 11.3 Å². The van der Waals surface area contributed by atoms with Gasteiger partial charge < -0.3 is 4.42 Å². The zero-order chi connectivity index (χ0) is 33.5. The fourth-order valence-electron chi connectivity index (χ4n) is 7.83. The number of hydrogen-bond donors (Lipinski definition) is 0. The molecule has 3 nitrogen and oxygen atoms in total. The molecule has 4 heteroatoms. The quantitative estimate of drug-likeness (QED) is 0.187. The summed E-state index contributed by atoms with van der Waals surface area (Å²) in [5.41, 5.74) is 10.4. The summed E-state index contributed by atoms with van der Waals surface area (Å²) >= 11 is 1.86. The lowest BCUT2D eigenvalue weighted by Gasteiger charge is -2.14. The van der Waals surface area contributed by atoms with Crippen molar-refractivity contribution in [1.29, 1.82) is 0 Å². The number of aromatic nitrogens is 2. The van der Waals surface area contributed by atoms with Crippen LogP contribution in [0.1, 0.15) is 0 Å². The summed E-state index contributed by atoms with van der Waals surface area (Å²) in [6, 6.07) is 60.6. The van der Waals surface area contributed by atoms with Crippen molar-refractivity contribution in [2.24, 2.45) is 0 Å². The van der Waals surface area contributed by atoms with E-state index in [1.54, 1.807) is 0 Å². The molecule has 0 spiro atoms. The highest BCUT2D eigenvalue weighted by Crippen LogP contribution is 2.42. The number of fused-ring (bicyclic) bond motifs is 9. The lowest BCUT2D eigenvalue weighted by molar-refractivity contribution is 0.670. The second-order valence-electron chi connectivity index (χ2n) is 13.1. The number of rotatable bonds is 4. The summed E-state index contributed by atoms with van der Waals surface area (Å²) in [5, 5.41) is 7.19. The SMILES string of the molecule is c1ccc(-c2cccc(-c3cc(-c4cccc5c4oc4ccccc45)nc(-n4c5ccccc5c5cc6sc7ccccc7c6cc54)c3)c2)cc1. The van der Waals surface area contributed by atoms with Gasteiger partial charge in [0.15, 0.2) is 0 Å². The molecule has 0 saturated heterocycles. The Kier molecular flexibility index (Phi) is 6.12. The smallest absolute Gasteiger partial charge is 0.144 e. The highest BCUT2D eigenvalue weighted by molar-refractivity contribution is 7.25. The summed E-state index contributed by atoms with van der Waals surface area (Å²) < 4.78 is 11.5. The van der Waals surface area contributed by atoms with Crippen LogP contribution in [0.4, 0.5) is 0 Å². The Labute approximate surface area is 297 Å². The van der Waals surface area contributed by atoms with E-state index in [2.05, 4.69) is 162 Å². The molecule has 0 saturated carbocycles. The topological polar surface area (TPSA) is 31.0 Å². The monoisotopic (exact) mass is 668 g/mol. The Balaban J connectivity index is 1.22. The van der Waals surface area contributed by atoms with Crippen molar-refractivity contribution in [3.63, 3.8) is 0 Å². The number of benzene rings is 7. The van der Waals surface area contributed by atoms with E-state index in [0.29, 0.717) is 0 Å². The van der Waals surface area contributed by atoms with Gasteiger partial charge in [-0.1, -0.05) is 115 Å². The van der Waals surface area contributed by atoms with Crippen molar-refractivity contribution in [3.8, 4) is 39.3 Å². The third-order valence-corrected chi connectivity index (χ3v) is 11.3. The van der Waals surface area contributed by atoms with Gasteiger partial charge in [0.2, 0.25) is 0 Å². The lowest BCUT2D eigenvalue weighted by atomic mass is 9.98. The molecule has 11 rings (SSSR count). The normalized spacial score (nSPS) is 11.9. The van der Waals surface area contributed by atoms with E-state index in [4.69, 9.17) is 9.40 Å². The van der Waals surface area contributed by atoms with E-state index in [1.165, 1.54) is 42.1 Å². The molecule has 4 aromatic heterocycles. The fraction of sp³-hybridized carbons (Fsp3) is 0. The first-order valence-corrected chi connectivity index (χ1v) is 18.0. The van der Waals surface area contributed by atoms with Gasteiger partial charge in [0.25, 0.3) is 0 Å². The number of para-hydroxylation sites is 3. The standard InChI is InChI=1S/C47H28N2OS/c1-2-12-29(13-3-1)30-14-10-15-31(24-30)32-25-40(37-20-11-19-36-34-17-5-8-22-43(34)50-47(36)37)48-46(26-32)49-41-21-7-4-16-33(41)38-28-45-39(27-42(38)49)35-18-6-9-23-44(35)51-45/h1-28H. The minimum atomic E-state index is 0.848. The largest absolute Gasteiger partial charge is 0.455 e. The number of thiophene rings is 1. The first kappa shape index (κ1) is 28.4. The Bertz CT molecular complexity index is 3150. The van der Waals surface area contributed by atoms with Crippen LogP contribution in [0.3, 0.4) is 0 Å². The molecule has 0 aliphatic rings. The Hall–Kier alpha value is -6.49. The molecule has 7 aromatic carbocycles. The number of furan rings is 1. The highest BCUT2D eigenvalue weighted by atomic mass is 32.1. The molecule has 0 aliphatic heterocycles. The number of nitrogens with zero attached hydrogens (tertiary/aromatic N) is 2. The predicted molar refractivity (Wildman–Crippen MR) is 215 cm³/mol. The van der Waals surface area contributed by atoms with E-state index in [9.17, 15) is 0 Å². The summed E-state index contributed by atoms with van der Waals surface area (Å²) in [5.74, 6) is 0.866. The van der Waals surface area contributed by atoms with Gasteiger partial charge in [0.1, 0.15) is 17.0 Å². The average molecular weight is 669 g/mol. The third-order valence-electron chi connectivity index (χ3n) is 10.2. The molecule has 0 bridgehead atoms. The minimum absolute atomic E-state index is 0.848. The van der Waals surface area contributed by atoms with Crippen LogP contribution in [0.2, 0.25) is 0 Å². The summed E-state index contributed by atoms with van der Waals surface area (Å²) in [6.07, 6.45) is 0. The fourth-order valence-corrected chi connectivity index (χ4v) is 8.95. The maximum absolute atomic E-state index is 6.57. The second kappa shape index (κ2) is 11.0. The maximum Gasteiger partial charge on any atom is 0.144 e. The molecule has 0 amide bonds. The molecule has 51 heavy (non-hydrogen) atoms. The molecule has 0 N–H and O–H groups in total. The van der Waals surface area contributed by atoms with Crippen LogP contribution in [0.25, 0.3) is 103 Å². The summed E-state index contributed by atoms with van der Waals surface area (Å²) in [4.78, 5) is 5.51. The molecule has 11 aromatic rings. The molecule has 4 heterocycles. The van der Waals surface area contributed by atoms with Crippen LogP contribution in [-0.2, 0) is 0 Å². The first-order chi connectivity index (χ1) is 25.3. The van der Waals surface area contributed by atoms with Crippen molar-refractivity contribution in [2.45, 2.75) is 0 Å². The van der Waals surface area contributed by atoms with Gasteiger partial charge in [0.05, 0.1) is 16.7 Å². The van der Waals surface area contributed by atoms with Crippen LogP contribution in [0.5, 0.6) is 0 Å². The molecule has 0 aliphatic carbocycles. The van der Waals surface area contributed by atoms with Crippen molar-refractivity contribution >= 4 is 75.3 Å².